The first-order valence-corrected chi connectivity index (χ1v) is 9.51. The molecule has 6 heteroatoms. The van der Waals surface area contributed by atoms with Gasteiger partial charge in [-0.3, -0.25) is 9.59 Å². The van der Waals surface area contributed by atoms with Gasteiger partial charge < -0.3 is 14.7 Å². The molecule has 4 rings (SSSR count). The number of hydrogen-bond acceptors (Lipinski definition) is 4. The van der Waals surface area contributed by atoms with Crippen LogP contribution in [0.15, 0.2) is 84.7 Å². The number of benzene rings is 2. The summed E-state index contributed by atoms with van der Waals surface area (Å²) in [5.74, 6) is -1.41. The predicted octanol–water partition coefficient (Wildman–Crippen LogP) is 1.93. The second kappa shape index (κ2) is 8.21. The van der Waals surface area contributed by atoms with E-state index in [2.05, 4.69) is 4.98 Å². The molecular formula is C24H20N2O4. The number of pyridine rings is 1. The van der Waals surface area contributed by atoms with Gasteiger partial charge in [0.25, 0.3) is 5.91 Å². The van der Waals surface area contributed by atoms with Crippen LogP contribution in [0.2, 0.25) is 0 Å². The highest BCUT2D eigenvalue weighted by Gasteiger charge is 2.44. The minimum absolute atomic E-state index is 0.0423. The summed E-state index contributed by atoms with van der Waals surface area (Å²) >= 11 is 0. The van der Waals surface area contributed by atoms with Crippen molar-refractivity contribution in [3.05, 3.63) is 101 Å². The third-order valence-corrected chi connectivity index (χ3v) is 5.10. The molecular weight excluding hydrogens is 380 g/mol. The zero-order valence-electron chi connectivity index (χ0n) is 16.4. The Morgan fingerprint density at radius 3 is 2.57 bits per heavy atom. The van der Waals surface area contributed by atoms with E-state index >= 15 is 0 Å². The van der Waals surface area contributed by atoms with Crippen LogP contribution in [0, 0.1) is 0 Å². The molecule has 1 aromatic heterocycles. The average Bonchev–Trinajstić information content (AvgIpc) is 3.05. The molecule has 1 saturated heterocycles. The van der Waals surface area contributed by atoms with Gasteiger partial charge in [0.1, 0.15) is 5.75 Å². The van der Waals surface area contributed by atoms with Gasteiger partial charge in [-0.15, -0.1) is 0 Å². The van der Waals surface area contributed by atoms with Crippen LogP contribution in [0.4, 0.5) is 0 Å². The Balaban J connectivity index is 1.85. The van der Waals surface area contributed by atoms with Crippen LogP contribution in [0.1, 0.15) is 22.7 Å². The van der Waals surface area contributed by atoms with Crippen LogP contribution >= 0.6 is 0 Å². The molecule has 2 heterocycles. The second-order valence-electron chi connectivity index (χ2n) is 6.96. The van der Waals surface area contributed by atoms with Crippen molar-refractivity contribution in [3.8, 4) is 5.75 Å². The number of carbonyl (C=O) groups excluding carboxylic acids is 2. The van der Waals surface area contributed by atoms with Crippen LogP contribution in [-0.2, 0) is 16.1 Å². The average molecular weight is 400 g/mol. The Labute approximate surface area is 174 Å². The summed E-state index contributed by atoms with van der Waals surface area (Å²) in [4.78, 5) is 30.3. The van der Waals surface area contributed by atoms with E-state index in [0.717, 1.165) is 5.56 Å². The first-order valence-electron chi connectivity index (χ1n) is 9.51. The van der Waals surface area contributed by atoms with Crippen molar-refractivity contribution in [1.82, 2.24) is 4.90 Å². The van der Waals surface area contributed by atoms with E-state index in [9.17, 15) is 14.7 Å². The number of likely N-dealkylation sites (tertiary alicyclic amines) is 1. The fourth-order valence-electron chi connectivity index (χ4n) is 3.66. The number of aromatic amines is 1. The lowest BCUT2D eigenvalue weighted by Crippen LogP contribution is -2.29. The molecule has 6 nitrogen and oxygen atoms in total. The van der Waals surface area contributed by atoms with E-state index in [1.165, 1.54) is 12.0 Å². The summed E-state index contributed by atoms with van der Waals surface area (Å²) in [6, 6.07) is 18.6. The molecule has 2 aromatic carbocycles. The molecule has 0 spiro atoms. The minimum Gasteiger partial charge on any atom is -0.872 e. The zero-order chi connectivity index (χ0) is 21.1. The Hall–Kier alpha value is -3.93. The lowest BCUT2D eigenvalue weighted by molar-refractivity contribution is -0.378. The van der Waals surface area contributed by atoms with Gasteiger partial charge in [0.2, 0.25) is 5.78 Å². The molecule has 30 heavy (non-hydrogen) atoms. The van der Waals surface area contributed by atoms with Gasteiger partial charge in [-0.2, -0.15) is 0 Å². The smallest absolute Gasteiger partial charge is 0.295 e. The maximum absolute atomic E-state index is 13.4. The largest absolute Gasteiger partial charge is 0.872 e. The van der Waals surface area contributed by atoms with E-state index in [1.807, 2.05) is 42.5 Å². The van der Waals surface area contributed by atoms with E-state index in [0.29, 0.717) is 16.9 Å². The second-order valence-corrected chi connectivity index (χ2v) is 6.96. The van der Waals surface area contributed by atoms with E-state index in [-0.39, 0.29) is 12.1 Å². The Morgan fingerprint density at radius 1 is 1.07 bits per heavy atom. The minimum atomic E-state index is -0.767. The summed E-state index contributed by atoms with van der Waals surface area (Å²) in [6.45, 7) is 0.205. The first kappa shape index (κ1) is 19.4. The van der Waals surface area contributed by atoms with Crippen molar-refractivity contribution in [1.29, 1.82) is 0 Å². The van der Waals surface area contributed by atoms with Crippen LogP contribution in [-0.4, -0.2) is 23.7 Å². The van der Waals surface area contributed by atoms with Crippen LogP contribution in [0.3, 0.4) is 0 Å². The molecule has 0 saturated carbocycles. The summed E-state index contributed by atoms with van der Waals surface area (Å²) in [7, 11) is 1.51. The van der Waals surface area contributed by atoms with Gasteiger partial charge in [-0.05, 0) is 29.3 Å². The number of amides is 1. The highest BCUT2D eigenvalue weighted by molar-refractivity contribution is 6.46. The number of nitrogens with one attached hydrogen (secondary N) is 1. The standard InChI is InChI=1S/C24H20N2O4/c1-30-19-11-5-10-18(13-19)22(27)20-21(17-8-3-2-4-9-17)26(24(29)23(20)28)15-16-7-6-12-25-14-16/h2-14,21,27H,15H2,1H3. The highest BCUT2D eigenvalue weighted by Crippen LogP contribution is 2.39. The van der Waals surface area contributed by atoms with Crippen molar-refractivity contribution < 1.29 is 24.4 Å². The summed E-state index contributed by atoms with van der Waals surface area (Å²) in [5.41, 5.74) is 1.80. The van der Waals surface area contributed by atoms with Crippen molar-refractivity contribution in [2.45, 2.75) is 12.6 Å². The molecule has 0 aliphatic carbocycles. The predicted molar refractivity (Wildman–Crippen MR) is 108 cm³/mol. The highest BCUT2D eigenvalue weighted by atomic mass is 16.5. The first-order chi connectivity index (χ1) is 14.6. The zero-order valence-corrected chi connectivity index (χ0v) is 16.4. The maximum atomic E-state index is 13.4. The SMILES string of the molecule is COc1cccc(C([O-])=C2C(=O)C(=O)N(Cc3ccc[nH+]c3)C2c2ccccc2)c1. The fourth-order valence-corrected chi connectivity index (χ4v) is 3.66. The van der Waals surface area contributed by atoms with E-state index < -0.39 is 23.5 Å². The van der Waals surface area contributed by atoms with Gasteiger partial charge in [0, 0.05) is 17.2 Å². The molecule has 1 atom stereocenters. The number of aromatic nitrogens is 1. The van der Waals surface area contributed by atoms with Gasteiger partial charge in [0.15, 0.2) is 12.4 Å². The molecule has 150 valence electrons. The number of ketones is 1. The number of H-pyrrole nitrogens is 1. The Kier molecular flexibility index (Phi) is 5.30. The summed E-state index contributed by atoms with van der Waals surface area (Å²) in [5, 5.41) is 13.4. The normalized spacial score (nSPS) is 17.9. The molecule has 0 bridgehead atoms. The molecule has 0 radical (unpaired) electrons. The molecule has 1 N–H and O–H groups in total. The molecule has 1 fully saturated rings. The van der Waals surface area contributed by atoms with Gasteiger partial charge in [0.05, 0.1) is 19.7 Å². The Bertz CT molecular complexity index is 1110. The molecule has 3 aromatic rings. The molecule has 1 amide bonds. The molecule has 1 aliphatic rings. The number of nitrogens with zero attached hydrogens (tertiary/aromatic N) is 1. The number of carbonyl (C=O) groups is 2. The van der Waals surface area contributed by atoms with Gasteiger partial charge in [-0.1, -0.05) is 48.2 Å². The quantitative estimate of drug-likeness (QED) is 0.372. The van der Waals surface area contributed by atoms with Crippen molar-refractivity contribution in [3.63, 3.8) is 0 Å². The van der Waals surface area contributed by atoms with E-state index in [4.69, 9.17) is 4.74 Å². The molecule has 1 aliphatic heterocycles. The number of rotatable bonds is 5. The Morgan fingerprint density at radius 2 is 1.87 bits per heavy atom. The maximum Gasteiger partial charge on any atom is 0.295 e. The van der Waals surface area contributed by atoms with E-state index in [1.54, 1.807) is 36.7 Å². The third kappa shape index (κ3) is 3.55. The number of methoxy groups -OCH3 is 1. The number of ether oxygens (including phenoxy) is 1. The van der Waals surface area contributed by atoms with Crippen LogP contribution in [0.5, 0.6) is 5.75 Å². The van der Waals surface area contributed by atoms with Crippen LogP contribution < -0.4 is 14.8 Å². The van der Waals surface area contributed by atoms with Crippen LogP contribution in [0.25, 0.3) is 5.76 Å². The number of Topliss-reactive ketones (excluding diaryl/α,β-unsaturated/α-hetero) is 1. The van der Waals surface area contributed by atoms with Gasteiger partial charge >= 0.3 is 0 Å². The monoisotopic (exact) mass is 400 g/mol. The van der Waals surface area contributed by atoms with Crippen molar-refractivity contribution in [2.24, 2.45) is 0 Å². The third-order valence-electron chi connectivity index (χ3n) is 5.10. The van der Waals surface area contributed by atoms with Crippen molar-refractivity contribution >= 4 is 17.4 Å². The number of hydrogen-bond donors (Lipinski definition) is 0. The lowest BCUT2D eigenvalue weighted by Gasteiger charge is -2.27. The van der Waals surface area contributed by atoms with Crippen molar-refractivity contribution in [2.75, 3.05) is 7.11 Å². The summed E-state index contributed by atoms with van der Waals surface area (Å²) in [6.07, 6.45) is 3.53. The summed E-state index contributed by atoms with van der Waals surface area (Å²) < 4.78 is 5.20. The topological polar surface area (TPSA) is 83.8 Å². The van der Waals surface area contributed by atoms with Gasteiger partial charge in [-0.25, -0.2) is 4.98 Å². The fraction of sp³-hybridized carbons (Fsp3) is 0.125. The molecule has 1 unspecified atom stereocenters. The lowest BCUT2D eigenvalue weighted by atomic mass is 9.95.